The number of aryl methyl sites for hydroxylation is 1. The number of amides is 2. The summed E-state index contributed by atoms with van der Waals surface area (Å²) < 4.78 is 11.2. The first-order chi connectivity index (χ1) is 12.3. The predicted octanol–water partition coefficient (Wildman–Crippen LogP) is 5.33. The van der Waals surface area contributed by atoms with Gasteiger partial charge in [-0.05, 0) is 43.0 Å². The van der Waals surface area contributed by atoms with Crippen molar-refractivity contribution in [1.29, 1.82) is 0 Å². The van der Waals surface area contributed by atoms with Crippen molar-refractivity contribution in [2.24, 2.45) is 0 Å². The molecule has 0 fully saturated rings. The highest BCUT2D eigenvalue weighted by Gasteiger charge is 2.15. The SMILES string of the molecule is COc1cc(Cl)c(C)cc1NC(=O)NC(C)Oc1ccccc1C(C)C. The van der Waals surface area contributed by atoms with Gasteiger partial charge in [-0.15, -0.1) is 0 Å². The summed E-state index contributed by atoms with van der Waals surface area (Å²) in [5, 5.41) is 6.12. The van der Waals surface area contributed by atoms with E-state index in [0.29, 0.717) is 22.4 Å². The van der Waals surface area contributed by atoms with E-state index in [1.54, 1.807) is 19.1 Å². The Labute approximate surface area is 159 Å². The third-order valence-electron chi connectivity index (χ3n) is 3.91. The number of halogens is 1. The van der Waals surface area contributed by atoms with Crippen LogP contribution in [0, 0.1) is 6.92 Å². The zero-order valence-electron chi connectivity index (χ0n) is 15.7. The lowest BCUT2D eigenvalue weighted by atomic mass is 10.0. The van der Waals surface area contributed by atoms with Crippen LogP contribution >= 0.6 is 11.6 Å². The zero-order chi connectivity index (χ0) is 19.3. The summed E-state index contributed by atoms with van der Waals surface area (Å²) in [4.78, 5) is 12.3. The maximum absolute atomic E-state index is 12.3. The monoisotopic (exact) mass is 376 g/mol. The molecule has 0 saturated heterocycles. The van der Waals surface area contributed by atoms with Crippen molar-refractivity contribution in [2.75, 3.05) is 12.4 Å². The molecular formula is C20H25ClN2O3. The van der Waals surface area contributed by atoms with Crippen molar-refractivity contribution >= 4 is 23.3 Å². The number of nitrogens with one attached hydrogen (secondary N) is 2. The minimum atomic E-state index is -0.505. The first kappa shape index (κ1) is 19.9. The van der Waals surface area contributed by atoms with Crippen LogP contribution in [0.2, 0.25) is 5.02 Å². The van der Waals surface area contributed by atoms with Crippen LogP contribution in [0.15, 0.2) is 36.4 Å². The average molecular weight is 377 g/mol. The smallest absolute Gasteiger partial charge is 0.322 e. The van der Waals surface area contributed by atoms with Crippen LogP contribution < -0.4 is 20.1 Å². The first-order valence-electron chi connectivity index (χ1n) is 8.49. The molecule has 0 aliphatic heterocycles. The van der Waals surface area contributed by atoms with Gasteiger partial charge >= 0.3 is 6.03 Å². The van der Waals surface area contributed by atoms with Gasteiger partial charge in [0.25, 0.3) is 0 Å². The number of hydrogen-bond donors (Lipinski definition) is 2. The van der Waals surface area contributed by atoms with Crippen LogP contribution in [0.1, 0.15) is 37.8 Å². The van der Waals surface area contributed by atoms with E-state index in [4.69, 9.17) is 21.1 Å². The van der Waals surface area contributed by atoms with E-state index in [-0.39, 0.29) is 6.03 Å². The van der Waals surface area contributed by atoms with Crippen molar-refractivity contribution in [1.82, 2.24) is 5.32 Å². The second-order valence-electron chi connectivity index (χ2n) is 6.35. The number of hydrogen-bond acceptors (Lipinski definition) is 3. The van der Waals surface area contributed by atoms with Gasteiger partial charge < -0.3 is 20.1 Å². The quantitative estimate of drug-likeness (QED) is 0.670. The van der Waals surface area contributed by atoms with Crippen molar-refractivity contribution in [2.45, 2.75) is 39.8 Å². The van der Waals surface area contributed by atoms with Crippen molar-refractivity contribution in [3.8, 4) is 11.5 Å². The molecule has 140 valence electrons. The molecule has 2 N–H and O–H groups in total. The standard InChI is InChI=1S/C20H25ClN2O3/c1-12(2)15-8-6-7-9-18(15)26-14(4)22-20(24)23-17-10-13(3)16(21)11-19(17)25-5/h6-12,14H,1-5H3,(H2,22,23,24). The molecule has 0 aromatic heterocycles. The van der Waals surface area contributed by atoms with Crippen LogP contribution in [-0.4, -0.2) is 19.4 Å². The summed E-state index contributed by atoms with van der Waals surface area (Å²) in [5.41, 5.74) is 2.48. The number of benzene rings is 2. The number of rotatable bonds is 6. The van der Waals surface area contributed by atoms with Crippen molar-refractivity contribution in [3.05, 3.63) is 52.5 Å². The Bertz CT molecular complexity index is 778. The summed E-state index contributed by atoms with van der Waals surface area (Å²) in [6.45, 7) is 7.84. The van der Waals surface area contributed by atoms with Gasteiger partial charge in [0, 0.05) is 11.1 Å². The number of anilines is 1. The molecule has 1 unspecified atom stereocenters. The van der Waals surface area contributed by atoms with Crippen molar-refractivity contribution in [3.63, 3.8) is 0 Å². The van der Waals surface area contributed by atoms with Gasteiger partial charge in [0.1, 0.15) is 11.5 Å². The predicted molar refractivity (Wildman–Crippen MR) is 106 cm³/mol. The highest BCUT2D eigenvalue weighted by molar-refractivity contribution is 6.31. The third-order valence-corrected chi connectivity index (χ3v) is 4.32. The van der Waals surface area contributed by atoms with Gasteiger partial charge in [0.2, 0.25) is 0 Å². The summed E-state index contributed by atoms with van der Waals surface area (Å²) in [6.07, 6.45) is -0.505. The van der Waals surface area contributed by atoms with E-state index in [1.165, 1.54) is 7.11 Å². The highest BCUT2D eigenvalue weighted by atomic mass is 35.5. The van der Waals surface area contributed by atoms with Gasteiger partial charge in [-0.1, -0.05) is 43.6 Å². The fourth-order valence-corrected chi connectivity index (χ4v) is 2.71. The second-order valence-corrected chi connectivity index (χ2v) is 6.76. The third kappa shape index (κ3) is 5.05. The molecule has 0 aliphatic carbocycles. The summed E-state index contributed by atoms with van der Waals surface area (Å²) in [5.74, 6) is 1.58. The van der Waals surface area contributed by atoms with Gasteiger partial charge in [-0.3, -0.25) is 0 Å². The number of methoxy groups -OCH3 is 1. The fraction of sp³-hybridized carbons (Fsp3) is 0.350. The van der Waals surface area contributed by atoms with Gasteiger partial charge in [-0.25, -0.2) is 4.79 Å². The summed E-state index contributed by atoms with van der Waals surface area (Å²) >= 11 is 6.09. The van der Waals surface area contributed by atoms with E-state index >= 15 is 0 Å². The maximum Gasteiger partial charge on any atom is 0.322 e. The van der Waals surface area contributed by atoms with Crippen LogP contribution in [-0.2, 0) is 0 Å². The van der Waals surface area contributed by atoms with Crippen LogP contribution in [0.5, 0.6) is 11.5 Å². The molecule has 0 aliphatic rings. The molecule has 0 heterocycles. The number of carbonyl (C=O) groups is 1. The van der Waals surface area contributed by atoms with Crippen LogP contribution in [0.25, 0.3) is 0 Å². The fourth-order valence-electron chi connectivity index (χ4n) is 2.56. The lowest BCUT2D eigenvalue weighted by molar-refractivity contribution is 0.181. The van der Waals surface area contributed by atoms with E-state index in [0.717, 1.165) is 16.9 Å². The molecule has 26 heavy (non-hydrogen) atoms. The molecule has 1 atom stereocenters. The minimum Gasteiger partial charge on any atom is -0.495 e. The molecule has 5 nitrogen and oxygen atoms in total. The molecule has 2 aromatic rings. The van der Waals surface area contributed by atoms with Crippen LogP contribution in [0.3, 0.4) is 0 Å². The number of para-hydroxylation sites is 1. The molecule has 0 spiro atoms. The Morgan fingerprint density at radius 2 is 1.81 bits per heavy atom. The highest BCUT2D eigenvalue weighted by Crippen LogP contribution is 2.31. The van der Waals surface area contributed by atoms with E-state index in [1.807, 2.05) is 31.2 Å². The Balaban J connectivity index is 2.03. The average Bonchev–Trinajstić information content (AvgIpc) is 2.57. The van der Waals surface area contributed by atoms with Crippen LogP contribution in [0.4, 0.5) is 10.5 Å². The van der Waals surface area contributed by atoms with Gasteiger partial charge in [-0.2, -0.15) is 0 Å². The molecule has 0 saturated carbocycles. The largest absolute Gasteiger partial charge is 0.495 e. The van der Waals surface area contributed by atoms with Gasteiger partial charge in [0.15, 0.2) is 6.23 Å². The second kappa shape index (κ2) is 8.81. The molecule has 2 aromatic carbocycles. The Hall–Kier alpha value is -2.40. The molecule has 2 amide bonds. The molecular weight excluding hydrogens is 352 g/mol. The van der Waals surface area contributed by atoms with Gasteiger partial charge in [0.05, 0.1) is 12.8 Å². The molecule has 0 radical (unpaired) electrons. The summed E-state index contributed by atoms with van der Waals surface area (Å²) in [7, 11) is 1.53. The number of ether oxygens (including phenoxy) is 2. The normalized spacial score (nSPS) is 11.8. The molecule has 0 bridgehead atoms. The number of carbonyl (C=O) groups excluding carboxylic acids is 1. The zero-order valence-corrected chi connectivity index (χ0v) is 16.5. The maximum atomic E-state index is 12.3. The van der Waals surface area contributed by atoms with E-state index < -0.39 is 6.23 Å². The minimum absolute atomic E-state index is 0.327. The van der Waals surface area contributed by atoms with Crippen molar-refractivity contribution < 1.29 is 14.3 Å². The van der Waals surface area contributed by atoms with E-state index in [2.05, 4.69) is 24.5 Å². The Kier molecular flexibility index (Phi) is 6.75. The topological polar surface area (TPSA) is 59.6 Å². The Morgan fingerprint density at radius 3 is 2.46 bits per heavy atom. The molecule has 6 heteroatoms. The summed E-state index contributed by atoms with van der Waals surface area (Å²) in [6, 6.07) is 10.9. The molecule has 2 rings (SSSR count). The lowest BCUT2D eigenvalue weighted by Crippen LogP contribution is -2.39. The first-order valence-corrected chi connectivity index (χ1v) is 8.86. The lowest BCUT2D eigenvalue weighted by Gasteiger charge is -2.20. The Morgan fingerprint density at radius 1 is 1.12 bits per heavy atom. The number of urea groups is 1. The van der Waals surface area contributed by atoms with E-state index in [9.17, 15) is 4.79 Å².